The highest BCUT2D eigenvalue weighted by Crippen LogP contribution is 2.25. The Morgan fingerprint density at radius 2 is 2.05 bits per heavy atom. The summed E-state index contributed by atoms with van der Waals surface area (Å²) in [6.45, 7) is 6.71. The fourth-order valence-electron chi connectivity index (χ4n) is 2.02. The largest absolute Gasteiger partial charge is 0.351 e. The van der Waals surface area contributed by atoms with Gasteiger partial charge in [-0.25, -0.2) is 0 Å². The van der Waals surface area contributed by atoms with Crippen molar-refractivity contribution in [3.63, 3.8) is 0 Å². The van der Waals surface area contributed by atoms with E-state index < -0.39 is 0 Å². The van der Waals surface area contributed by atoms with Crippen molar-refractivity contribution in [2.24, 2.45) is 0 Å². The number of aromatic nitrogens is 3. The van der Waals surface area contributed by atoms with Crippen LogP contribution in [0.3, 0.4) is 0 Å². The third kappa shape index (κ3) is 4.34. The fourth-order valence-corrected chi connectivity index (χ4v) is 3.10. The molecule has 0 saturated heterocycles. The Labute approximate surface area is 135 Å². The van der Waals surface area contributed by atoms with E-state index in [4.69, 9.17) is 0 Å². The van der Waals surface area contributed by atoms with Gasteiger partial charge in [-0.15, -0.1) is 10.2 Å². The number of rotatable bonds is 7. The smallest absolute Gasteiger partial charge is 0.233 e. The average Bonchev–Trinajstić information content (AvgIpc) is 2.99. The van der Waals surface area contributed by atoms with Crippen LogP contribution in [0.5, 0.6) is 0 Å². The standard InChI is InChI=1S/C16H22N4OS/c1-4-14(22-16-19-18-11-20(16)12(2)3)15(21)17-10-13-8-6-5-7-9-13/h5-9,11-12,14H,4,10H2,1-3H3,(H,17,21). The molecular weight excluding hydrogens is 296 g/mol. The summed E-state index contributed by atoms with van der Waals surface area (Å²) < 4.78 is 1.98. The molecule has 0 bridgehead atoms. The topological polar surface area (TPSA) is 59.8 Å². The highest BCUT2D eigenvalue weighted by atomic mass is 32.2. The molecule has 0 radical (unpaired) electrons. The van der Waals surface area contributed by atoms with Crippen LogP contribution < -0.4 is 5.32 Å². The van der Waals surface area contributed by atoms with Crippen LogP contribution in [0.4, 0.5) is 0 Å². The van der Waals surface area contributed by atoms with Crippen molar-refractivity contribution >= 4 is 17.7 Å². The van der Waals surface area contributed by atoms with Gasteiger partial charge in [0.25, 0.3) is 0 Å². The minimum absolute atomic E-state index is 0.0367. The lowest BCUT2D eigenvalue weighted by Gasteiger charge is -2.16. The average molecular weight is 318 g/mol. The zero-order valence-electron chi connectivity index (χ0n) is 13.2. The lowest BCUT2D eigenvalue weighted by molar-refractivity contribution is -0.120. The van der Waals surface area contributed by atoms with E-state index in [1.807, 2.05) is 41.8 Å². The maximum Gasteiger partial charge on any atom is 0.233 e. The lowest BCUT2D eigenvalue weighted by Crippen LogP contribution is -2.32. The van der Waals surface area contributed by atoms with Crippen molar-refractivity contribution in [2.45, 2.75) is 50.2 Å². The molecule has 0 spiro atoms. The van der Waals surface area contributed by atoms with Crippen LogP contribution in [-0.2, 0) is 11.3 Å². The number of thioether (sulfide) groups is 1. The maximum atomic E-state index is 12.4. The Bertz CT molecular complexity index is 597. The maximum absolute atomic E-state index is 12.4. The number of hydrogen-bond acceptors (Lipinski definition) is 4. The number of amides is 1. The number of hydrogen-bond donors (Lipinski definition) is 1. The summed E-state index contributed by atoms with van der Waals surface area (Å²) in [6.07, 6.45) is 2.46. The molecule has 118 valence electrons. The first-order valence-electron chi connectivity index (χ1n) is 7.49. The van der Waals surface area contributed by atoms with Gasteiger partial charge in [-0.3, -0.25) is 4.79 Å². The van der Waals surface area contributed by atoms with Crippen molar-refractivity contribution in [1.82, 2.24) is 20.1 Å². The van der Waals surface area contributed by atoms with E-state index in [0.29, 0.717) is 6.54 Å². The fraction of sp³-hybridized carbons (Fsp3) is 0.438. The zero-order chi connectivity index (χ0) is 15.9. The van der Waals surface area contributed by atoms with E-state index in [9.17, 15) is 4.79 Å². The van der Waals surface area contributed by atoms with E-state index >= 15 is 0 Å². The van der Waals surface area contributed by atoms with Gasteiger partial charge in [0, 0.05) is 12.6 Å². The number of carbonyl (C=O) groups is 1. The van der Waals surface area contributed by atoms with E-state index in [1.54, 1.807) is 6.33 Å². The summed E-state index contributed by atoms with van der Waals surface area (Å²) in [5.74, 6) is 0.0367. The molecule has 22 heavy (non-hydrogen) atoms. The third-order valence-corrected chi connectivity index (χ3v) is 4.65. The van der Waals surface area contributed by atoms with Gasteiger partial charge in [-0.1, -0.05) is 49.0 Å². The van der Waals surface area contributed by atoms with Crippen LogP contribution in [0.15, 0.2) is 41.8 Å². The molecule has 1 N–H and O–H groups in total. The highest BCUT2D eigenvalue weighted by molar-refractivity contribution is 8.00. The van der Waals surface area contributed by atoms with Crippen molar-refractivity contribution < 1.29 is 4.79 Å². The van der Waals surface area contributed by atoms with Gasteiger partial charge in [0.1, 0.15) is 6.33 Å². The molecule has 0 fully saturated rings. The van der Waals surface area contributed by atoms with Crippen LogP contribution in [-0.4, -0.2) is 25.9 Å². The summed E-state index contributed by atoms with van der Waals surface area (Å²) in [6, 6.07) is 10.2. The van der Waals surface area contributed by atoms with Gasteiger partial charge in [0.15, 0.2) is 5.16 Å². The first kappa shape index (κ1) is 16.5. The Morgan fingerprint density at radius 1 is 1.32 bits per heavy atom. The van der Waals surface area contributed by atoms with Crippen LogP contribution in [0.25, 0.3) is 0 Å². The molecule has 2 rings (SSSR count). The molecular formula is C16H22N4OS. The zero-order valence-corrected chi connectivity index (χ0v) is 14.0. The molecule has 2 aromatic rings. The monoisotopic (exact) mass is 318 g/mol. The van der Waals surface area contributed by atoms with Gasteiger partial charge in [-0.2, -0.15) is 0 Å². The number of benzene rings is 1. The normalized spacial score (nSPS) is 12.4. The van der Waals surface area contributed by atoms with E-state index in [1.165, 1.54) is 11.8 Å². The number of nitrogens with zero attached hydrogens (tertiary/aromatic N) is 3. The van der Waals surface area contributed by atoms with Crippen LogP contribution >= 0.6 is 11.8 Å². The van der Waals surface area contributed by atoms with Crippen molar-refractivity contribution in [1.29, 1.82) is 0 Å². The second kappa shape index (κ2) is 7.98. The number of carbonyl (C=O) groups excluding carboxylic acids is 1. The predicted octanol–water partition coefficient (Wildman–Crippen LogP) is 3.05. The molecule has 0 aliphatic heterocycles. The summed E-state index contributed by atoms with van der Waals surface area (Å²) in [5.41, 5.74) is 1.10. The minimum atomic E-state index is -0.162. The Morgan fingerprint density at radius 3 is 2.68 bits per heavy atom. The molecule has 1 aromatic carbocycles. The first-order chi connectivity index (χ1) is 10.6. The second-order valence-corrected chi connectivity index (χ2v) is 6.50. The molecule has 0 aliphatic carbocycles. The van der Waals surface area contributed by atoms with E-state index in [0.717, 1.165) is 17.1 Å². The van der Waals surface area contributed by atoms with Crippen LogP contribution in [0, 0.1) is 0 Å². The SMILES string of the molecule is CCC(Sc1nncn1C(C)C)C(=O)NCc1ccccc1. The molecule has 6 heteroatoms. The van der Waals surface area contributed by atoms with Crippen LogP contribution in [0.1, 0.15) is 38.8 Å². The molecule has 1 aromatic heterocycles. The van der Waals surface area contributed by atoms with Gasteiger partial charge >= 0.3 is 0 Å². The molecule has 5 nitrogen and oxygen atoms in total. The molecule has 1 atom stereocenters. The molecule has 1 heterocycles. The number of nitrogens with one attached hydrogen (secondary N) is 1. The van der Waals surface area contributed by atoms with Crippen molar-refractivity contribution in [3.05, 3.63) is 42.2 Å². The highest BCUT2D eigenvalue weighted by Gasteiger charge is 2.21. The molecule has 0 saturated carbocycles. The lowest BCUT2D eigenvalue weighted by atomic mass is 10.2. The minimum Gasteiger partial charge on any atom is -0.351 e. The quantitative estimate of drug-likeness (QED) is 0.797. The first-order valence-corrected chi connectivity index (χ1v) is 8.37. The molecule has 0 aliphatic rings. The van der Waals surface area contributed by atoms with Gasteiger partial charge in [-0.05, 0) is 25.8 Å². The van der Waals surface area contributed by atoms with Gasteiger partial charge in [0.2, 0.25) is 5.91 Å². The molecule has 1 amide bonds. The Balaban J connectivity index is 1.95. The Kier molecular flexibility index (Phi) is 6.00. The molecule has 1 unspecified atom stereocenters. The third-order valence-electron chi connectivity index (χ3n) is 3.32. The van der Waals surface area contributed by atoms with Crippen LogP contribution in [0.2, 0.25) is 0 Å². The van der Waals surface area contributed by atoms with Gasteiger partial charge < -0.3 is 9.88 Å². The second-order valence-electron chi connectivity index (χ2n) is 5.33. The summed E-state index contributed by atoms with van der Waals surface area (Å²) in [5, 5.41) is 11.7. The summed E-state index contributed by atoms with van der Waals surface area (Å²) >= 11 is 1.47. The van der Waals surface area contributed by atoms with E-state index in [2.05, 4.69) is 29.4 Å². The van der Waals surface area contributed by atoms with Crippen molar-refractivity contribution in [2.75, 3.05) is 0 Å². The van der Waals surface area contributed by atoms with Gasteiger partial charge in [0.05, 0.1) is 5.25 Å². The Hall–Kier alpha value is -1.82. The summed E-state index contributed by atoms with van der Waals surface area (Å²) in [7, 11) is 0. The predicted molar refractivity (Wildman–Crippen MR) is 88.6 cm³/mol. The van der Waals surface area contributed by atoms with E-state index in [-0.39, 0.29) is 17.2 Å². The van der Waals surface area contributed by atoms with Crippen molar-refractivity contribution in [3.8, 4) is 0 Å². The summed E-state index contributed by atoms with van der Waals surface area (Å²) in [4.78, 5) is 12.4.